The fraction of sp³-hybridized carbons (Fsp3) is 0.421. The van der Waals surface area contributed by atoms with Gasteiger partial charge < -0.3 is 0 Å². The van der Waals surface area contributed by atoms with Crippen molar-refractivity contribution in [2.24, 2.45) is 0 Å². The molecule has 3 nitrogen and oxygen atoms in total. The van der Waals surface area contributed by atoms with Crippen LogP contribution in [0, 0.1) is 0 Å². The van der Waals surface area contributed by atoms with Crippen molar-refractivity contribution in [2.75, 3.05) is 6.54 Å². The summed E-state index contributed by atoms with van der Waals surface area (Å²) in [6.07, 6.45) is -4.43. The Balaban J connectivity index is 2.23. The van der Waals surface area contributed by atoms with Crippen LogP contribution >= 0.6 is 0 Å². The lowest BCUT2D eigenvalue weighted by Crippen LogP contribution is -2.44. The van der Waals surface area contributed by atoms with Gasteiger partial charge in [0.1, 0.15) is 6.04 Å². The van der Waals surface area contributed by atoms with Crippen LogP contribution in [-0.4, -0.2) is 23.6 Å². The van der Waals surface area contributed by atoms with Crippen LogP contribution in [-0.2, 0) is 10.2 Å². The van der Waals surface area contributed by atoms with Crippen molar-refractivity contribution >= 4 is 16.7 Å². The number of alkyl halides is 3. The first-order chi connectivity index (χ1) is 11.6. The van der Waals surface area contributed by atoms with Gasteiger partial charge in [0, 0.05) is 13.0 Å². The maximum atomic E-state index is 14.0. The lowest BCUT2D eigenvalue weighted by molar-refractivity contribution is -0.191. The molecule has 1 fully saturated rings. The highest BCUT2D eigenvalue weighted by Gasteiger charge is 2.48. The molecule has 1 atom stereocenters. The Bertz CT molecular complexity index is 808. The summed E-state index contributed by atoms with van der Waals surface area (Å²) in [7, 11) is 0. The minimum absolute atomic E-state index is 0.0411. The topological polar surface area (TPSA) is 32.3 Å². The Kier molecular flexibility index (Phi) is 4.27. The number of carbonyl (C=O) groups excluding carboxylic acids is 1. The zero-order valence-corrected chi connectivity index (χ0v) is 14.4. The van der Waals surface area contributed by atoms with Crippen LogP contribution in [0.15, 0.2) is 36.4 Å². The number of hydrogen-bond donors (Lipinski definition) is 1. The van der Waals surface area contributed by atoms with E-state index in [1.54, 1.807) is 12.1 Å². The van der Waals surface area contributed by atoms with Crippen LogP contribution in [0.3, 0.4) is 0 Å². The van der Waals surface area contributed by atoms with E-state index in [2.05, 4.69) is 5.43 Å². The third-order valence-electron chi connectivity index (χ3n) is 4.49. The SMILES string of the molecule is CC(C)(C)c1cc2ccccc2cc1C(N1CCC(=O)N1)C(F)(F)F. The predicted octanol–water partition coefficient (Wildman–Crippen LogP) is 4.48. The summed E-state index contributed by atoms with van der Waals surface area (Å²) < 4.78 is 41.9. The van der Waals surface area contributed by atoms with Gasteiger partial charge in [0.2, 0.25) is 5.91 Å². The molecule has 0 saturated carbocycles. The number of hydrazine groups is 1. The van der Waals surface area contributed by atoms with Gasteiger partial charge in [-0.2, -0.15) is 13.2 Å². The van der Waals surface area contributed by atoms with Crippen LogP contribution in [0.4, 0.5) is 13.2 Å². The van der Waals surface area contributed by atoms with E-state index in [0.29, 0.717) is 5.56 Å². The van der Waals surface area contributed by atoms with Crippen molar-refractivity contribution in [1.29, 1.82) is 0 Å². The Morgan fingerprint density at radius 2 is 1.68 bits per heavy atom. The molecular weight excluding hydrogens is 329 g/mol. The van der Waals surface area contributed by atoms with Gasteiger partial charge in [0.25, 0.3) is 0 Å². The Labute approximate surface area is 144 Å². The average Bonchev–Trinajstić information content (AvgIpc) is 2.90. The summed E-state index contributed by atoms with van der Waals surface area (Å²) in [5, 5.41) is 2.68. The molecule has 1 saturated heterocycles. The second-order valence-electron chi connectivity index (χ2n) is 7.46. The molecule has 6 heteroatoms. The number of nitrogens with one attached hydrogen (secondary N) is 1. The van der Waals surface area contributed by atoms with Crippen molar-refractivity contribution in [3.63, 3.8) is 0 Å². The minimum Gasteiger partial charge on any atom is -0.288 e. The molecule has 0 spiro atoms. The molecule has 2 aromatic rings. The fourth-order valence-corrected chi connectivity index (χ4v) is 3.34. The molecule has 1 unspecified atom stereocenters. The van der Waals surface area contributed by atoms with E-state index in [1.807, 2.05) is 45.0 Å². The Hall–Kier alpha value is -2.08. The summed E-state index contributed by atoms with van der Waals surface area (Å²) in [5.41, 5.74) is 2.72. The lowest BCUT2D eigenvalue weighted by atomic mass is 9.80. The fourth-order valence-electron chi connectivity index (χ4n) is 3.34. The molecule has 0 bridgehead atoms. The van der Waals surface area contributed by atoms with Crippen LogP contribution in [0.5, 0.6) is 0 Å². The monoisotopic (exact) mass is 350 g/mol. The number of halogens is 3. The molecule has 0 aliphatic carbocycles. The molecular formula is C19H21F3N2O. The van der Waals surface area contributed by atoms with Gasteiger partial charge >= 0.3 is 6.18 Å². The summed E-state index contributed by atoms with van der Waals surface area (Å²) in [6, 6.07) is 8.97. The first kappa shape index (κ1) is 17.7. The minimum atomic E-state index is -4.50. The number of amides is 1. The zero-order chi connectivity index (χ0) is 18.4. The van der Waals surface area contributed by atoms with E-state index in [9.17, 15) is 18.0 Å². The first-order valence-corrected chi connectivity index (χ1v) is 8.23. The van der Waals surface area contributed by atoms with Gasteiger partial charge in [-0.3, -0.25) is 10.2 Å². The van der Waals surface area contributed by atoms with Gasteiger partial charge in [-0.25, -0.2) is 5.01 Å². The number of carbonyl (C=O) groups is 1. The second kappa shape index (κ2) is 6.02. The maximum Gasteiger partial charge on any atom is 0.409 e. The highest BCUT2D eigenvalue weighted by atomic mass is 19.4. The van der Waals surface area contributed by atoms with Crippen molar-refractivity contribution in [3.8, 4) is 0 Å². The van der Waals surface area contributed by atoms with E-state index in [1.165, 1.54) is 0 Å². The highest BCUT2D eigenvalue weighted by Crippen LogP contribution is 2.43. The van der Waals surface area contributed by atoms with Crippen molar-refractivity contribution in [2.45, 2.75) is 44.8 Å². The number of nitrogens with zero attached hydrogens (tertiary/aromatic N) is 1. The molecule has 2 aromatic carbocycles. The summed E-state index contributed by atoms with van der Waals surface area (Å²) in [5.74, 6) is -0.382. The largest absolute Gasteiger partial charge is 0.409 e. The van der Waals surface area contributed by atoms with Gasteiger partial charge in [-0.15, -0.1) is 0 Å². The first-order valence-electron chi connectivity index (χ1n) is 8.23. The highest BCUT2D eigenvalue weighted by molar-refractivity contribution is 5.84. The van der Waals surface area contributed by atoms with Crippen molar-refractivity contribution in [1.82, 2.24) is 10.4 Å². The van der Waals surface area contributed by atoms with E-state index in [4.69, 9.17) is 0 Å². The molecule has 0 radical (unpaired) electrons. The summed E-state index contributed by atoms with van der Waals surface area (Å²) in [6.45, 7) is 5.74. The molecule has 1 aliphatic heterocycles. The second-order valence-corrected chi connectivity index (χ2v) is 7.46. The van der Waals surface area contributed by atoms with Gasteiger partial charge in [-0.05, 0) is 33.4 Å². The number of rotatable bonds is 2. The number of hydrogen-bond acceptors (Lipinski definition) is 2. The summed E-state index contributed by atoms with van der Waals surface area (Å²) >= 11 is 0. The van der Waals surface area contributed by atoms with Crippen LogP contribution in [0.25, 0.3) is 10.8 Å². The van der Waals surface area contributed by atoms with Gasteiger partial charge in [0.05, 0.1) is 0 Å². The van der Waals surface area contributed by atoms with E-state index < -0.39 is 17.6 Å². The van der Waals surface area contributed by atoms with Gasteiger partial charge in [-0.1, -0.05) is 51.1 Å². The Morgan fingerprint density at radius 1 is 1.08 bits per heavy atom. The van der Waals surface area contributed by atoms with E-state index in [-0.39, 0.29) is 24.4 Å². The molecule has 25 heavy (non-hydrogen) atoms. The molecule has 0 aromatic heterocycles. The molecule has 1 amide bonds. The third-order valence-corrected chi connectivity index (χ3v) is 4.49. The van der Waals surface area contributed by atoms with Crippen LogP contribution in [0.1, 0.15) is 44.4 Å². The molecule has 1 heterocycles. The normalized spacial score (nSPS) is 17.8. The molecule has 134 valence electrons. The predicted molar refractivity (Wildman–Crippen MR) is 90.9 cm³/mol. The summed E-state index contributed by atoms with van der Waals surface area (Å²) in [4.78, 5) is 11.5. The third kappa shape index (κ3) is 3.49. The quantitative estimate of drug-likeness (QED) is 0.866. The van der Waals surface area contributed by atoms with Gasteiger partial charge in [0.15, 0.2) is 0 Å². The zero-order valence-electron chi connectivity index (χ0n) is 14.4. The average molecular weight is 350 g/mol. The van der Waals surface area contributed by atoms with E-state index in [0.717, 1.165) is 15.8 Å². The standard InChI is InChI=1S/C19H21F3N2O/c1-18(2,3)15-11-13-7-5-4-6-12(13)10-14(15)17(19(20,21)22)24-9-8-16(25)23-24/h4-7,10-11,17H,8-9H2,1-3H3,(H,23,25). The lowest BCUT2D eigenvalue weighted by Gasteiger charge is -2.34. The Morgan fingerprint density at radius 3 is 2.16 bits per heavy atom. The maximum absolute atomic E-state index is 14.0. The van der Waals surface area contributed by atoms with Crippen molar-refractivity contribution < 1.29 is 18.0 Å². The van der Waals surface area contributed by atoms with Crippen molar-refractivity contribution in [3.05, 3.63) is 47.5 Å². The van der Waals surface area contributed by atoms with E-state index >= 15 is 0 Å². The molecule has 3 rings (SSSR count). The van der Waals surface area contributed by atoms with Crippen LogP contribution < -0.4 is 5.43 Å². The molecule has 1 aliphatic rings. The number of fused-ring (bicyclic) bond motifs is 1. The molecule has 1 N–H and O–H groups in total. The number of benzene rings is 2. The smallest absolute Gasteiger partial charge is 0.288 e. The van der Waals surface area contributed by atoms with Crippen LogP contribution in [0.2, 0.25) is 0 Å².